The van der Waals surface area contributed by atoms with Crippen LogP contribution in [0, 0.1) is 5.82 Å². The summed E-state index contributed by atoms with van der Waals surface area (Å²) in [6.45, 7) is 2.08. The summed E-state index contributed by atoms with van der Waals surface area (Å²) in [6, 6.07) is 5.88. The first kappa shape index (κ1) is 16.9. The third-order valence-corrected chi connectivity index (χ3v) is 3.82. The fraction of sp³-hybridized carbons (Fsp3) is 0.312. The number of aromatic amines is 1. The second-order valence-corrected chi connectivity index (χ2v) is 5.87. The maximum Gasteiger partial charge on any atom is 0.329 e. The van der Waals surface area contributed by atoms with Crippen molar-refractivity contribution in [2.24, 2.45) is 7.05 Å². The Morgan fingerprint density at radius 1 is 1.32 bits per heavy atom. The molecule has 0 amide bonds. The molecule has 1 aromatic carbocycles. The largest absolute Gasteiger partial charge is 0.392 e. The molecule has 0 aliphatic rings. The van der Waals surface area contributed by atoms with E-state index in [9.17, 15) is 19.1 Å². The van der Waals surface area contributed by atoms with Gasteiger partial charge in [-0.3, -0.25) is 18.9 Å². The van der Waals surface area contributed by atoms with Gasteiger partial charge in [0.15, 0.2) is 11.2 Å². The van der Waals surface area contributed by atoms with Crippen molar-refractivity contribution in [1.82, 2.24) is 19.1 Å². The van der Waals surface area contributed by atoms with Crippen LogP contribution >= 0.6 is 0 Å². The Labute approximate surface area is 141 Å². The van der Waals surface area contributed by atoms with E-state index in [1.54, 1.807) is 23.6 Å². The molecule has 0 aliphatic carbocycles. The molecular formula is C16H18FN5O3. The minimum Gasteiger partial charge on any atom is -0.392 e. The molecule has 2 heterocycles. The lowest BCUT2D eigenvalue weighted by Gasteiger charge is -2.11. The molecule has 0 radical (unpaired) electrons. The van der Waals surface area contributed by atoms with Gasteiger partial charge < -0.3 is 10.4 Å². The molecule has 8 nitrogen and oxygen atoms in total. The number of hydrogen-bond acceptors (Lipinski definition) is 5. The van der Waals surface area contributed by atoms with E-state index in [4.69, 9.17) is 0 Å². The molecule has 3 aromatic rings. The summed E-state index contributed by atoms with van der Waals surface area (Å²) in [5.74, 6) is -0.0149. The van der Waals surface area contributed by atoms with Crippen LogP contribution in [0.5, 0.6) is 0 Å². The monoisotopic (exact) mass is 347 g/mol. The van der Waals surface area contributed by atoms with Gasteiger partial charge in [-0.2, -0.15) is 4.98 Å². The highest BCUT2D eigenvalue weighted by Crippen LogP contribution is 2.18. The summed E-state index contributed by atoms with van der Waals surface area (Å²) in [5, 5.41) is 12.5. The number of fused-ring (bicyclic) bond motifs is 1. The van der Waals surface area contributed by atoms with Gasteiger partial charge in [0.25, 0.3) is 5.56 Å². The fourth-order valence-electron chi connectivity index (χ4n) is 2.53. The minimum absolute atomic E-state index is 0.221. The number of rotatable bonds is 5. The topological polar surface area (TPSA) is 105 Å². The third-order valence-electron chi connectivity index (χ3n) is 3.82. The molecule has 9 heteroatoms. The van der Waals surface area contributed by atoms with Crippen molar-refractivity contribution in [2.75, 3.05) is 11.9 Å². The number of halogens is 1. The molecule has 0 spiro atoms. The number of anilines is 1. The summed E-state index contributed by atoms with van der Waals surface area (Å²) in [4.78, 5) is 30.7. The van der Waals surface area contributed by atoms with Crippen molar-refractivity contribution >= 4 is 17.1 Å². The van der Waals surface area contributed by atoms with Gasteiger partial charge in [-0.05, 0) is 24.6 Å². The summed E-state index contributed by atoms with van der Waals surface area (Å²) in [7, 11) is 1.51. The Morgan fingerprint density at radius 3 is 2.64 bits per heavy atom. The molecule has 25 heavy (non-hydrogen) atoms. The second kappa shape index (κ2) is 6.52. The van der Waals surface area contributed by atoms with Gasteiger partial charge in [0, 0.05) is 13.6 Å². The summed E-state index contributed by atoms with van der Waals surface area (Å²) < 4.78 is 16.0. The molecule has 0 saturated carbocycles. The van der Waals surface area contributed by atoms with E-state index in [0.717, 1.165) is 5.56 Å². The molecule has 1 atom stereocenters. The predicted molar refractivity (Wildman–Crippen MR) is 91.3 cm³/mol. The molecule has 0 bridgehead atoms. The van der Waals surface area contributed by atoms with Crippen molar-refractivity contribution in [3.63, 3.8) is 0 Å². The summed E-state index contributed by atoms with van der Waals surface area (Å²) in [6.07, 6.45) is -0.624. The standard InChI is InChI=1S/C16H18FN5O3/c1-9(23)7-18-15-19-13-12(14(24)20-16(25)21(13)2)22(15)8-10-3-5-11(17)6-4-10/h3-6,9,23H,7-8H2,1-2H3,(H,18,19)(H,20,24,25)/t9-/m0/s1. The van der Waals surface area contributed by atoms with Crippen LogP contribution < -0.4 is 16.6 Å². The van der Waals surface area contributed by atoms with E-state index < -0.39 is 17.4 Å². The SMILES string of the molecule is C[C@H](O)CNc1nc2c(c(=O)[nH]c(=O)n2C)n1Cc1ccc(F)cc1. The van der Waals surface area contributed by atoms with Crippen LogP contribution in [0.1, 0.15) is 12.5 Å². The highest BCUT2D eigenvalue weighted by Gasteiger charge is 2.17. The quantitative estimate of drug-likeness (QED) is 0.620. The number of benzene rings is 1. The Kier molecular flexibility index (Phi) is 4.41. The fourth-order valence-corrected chi connectivity index (χ4v) is 2.53. The van der Waals surface area contributed by atoms with Crippen molar-refractivity contribution in [1.29, 1.82) is 0 Å². The van der Waals surface area contributed by atoms with Gasteiger partial charge >= 0.3 is 5.69 Å². The average molecular weight is 347 g/mol. The number of nitrogens with zero attached hydrogens (tertiary/aromatic N) is 3. The number of aromatic nitrogens is 4. The van der Waals surface area contributed by atoms with E-state index in [-0.39, 0.29) is 30.1 Å². The zero-order chi connectivity index (χ0) is 18.1. The first-order valence-electron chi connectivity index (χ1n) is 7.72. The van der Waals surface area contributed by atoms with Crippen molar-refractivity contribution in [3.8, 4) is 0 Å². The highest BCUT2D eigenvalue weighted by molar-refractivity contribution is 5.74. The van der Waals surface area contributed by atoms with Crippen LogP contribution in [-0.2, 0) is 13.6 Å². The van der Waals surface area contributed by atoms with Crippen LogP contribution in [0.2, 0.25) is 0 Å². The first-order valence-corrected chi connectivity index (χ1v) is 7.72. The maximum absolute atomic E-state index is 13.1. The molecule has 0 aliphatic heterocycles. The number of imidazole rings is 1. The zero-order valence-corrected chi connectivity index (χ0v) is 13.8. The molecule has 0 unspecified atom stereocenters. The number of aryl methyl sites for hydroxylation is 1. The van der Waals surface area contributed by atoms with E-state index in [2.05, 4.69) is 15.3 Å². The molecular weight excluding hydrogens is 329 g/mol. The van der Waals surface area contributed by atoms with E-state index in [1.807, 2.05) is 0 Å². The highest BCUT2D eigenvalue weighted by atomic mass is 19.1. The molecule has 0 fully saturated rings. The molecule has 2 aromatic heterocycles. The van der Waals surface area contributed by atoms with Gasteiger partial charge in [-0.25, -0.2) is 9.18 Å². The Hall–Kier alpha value is -2.94. The first-order chi connectivity index (χ1) is 11.9. The number of aliphatic hydroxyl groups excluding tert-OH is 1. The molecule has 132 valence electrons. The van der Waals surface area contributed by atoms with Crippen molar-refractivity contribution in [3.05, 3.63) is 56.5 Å². The molecule has 3 rings (SSSR count). The zero-order valence-electron chi connectivity index (χ0n) is 13.8. The number of nitrogens with one attached hydrogen (secondary N) is 2. The van der Waals surface area contributed by atoms with Gasteiger partial charge in [0.05, 0.1) is 12.6 Å². The van der Waals surface area contributed by atoms with Crippen LogP contribution in [-0.4, -0.2) is 36.9 Å². The van der Waals surface area contributed by atoms with Crippen molar-refractivity contribution in [2.45, 2.75) is 19.6 Å². The van der Waals surface area contributed by atoms with Gasteiger partial charge in [0.1, 0.15) is 5.82 Å². The summed E-state index contributed by atoms with van der Waals surface area (Å²) >= 11 is 0. The van der Waals surface area contributed by atoms with Gasteiger partial charge in [-0.1, -0.05) is 12.1 Å². The lowest BCUT2D eigenvalue weighted by molar-refractivity contribution is 0.208. The van der Waals surface area contributed by atoms with Gasteiger partial charge in [-0.15, -0.1) is 0 Å². The number of H-pyrrole nitrogens is 1. The van der Waals surface area contributed by atoms with E-state index in [1.165, 1.54) is 23.7 Å². The predicted octanol–water partition coefficient (Wildman–Crippen LogP) is 0.403. The normalized spacial score (nSPS) is 12.5. The lowest BCUT2D eigenvalue weighted by atomic mass is 10.2. The third kappa shape index (κ3) is 3.31. The van der Waals surface area contributed by atoms with Gasteiger partial charge in [0.2, 0.25) is 5.95 Å². The van der Waals surface area contributed by atoms with Crippen LogP contribution in [0.3, 0.4) is 0 Å². The number of hydrogen-bond donors (Lipinski definition) is 3. The number of aliphatic hydroxyl groups is 1. The van der Waals surface area contributed by atoms with E-state index >= 15 is 0 Å². The van der Waals surface area contributed by atoms with Crippen LogP contribution in [0.4, 0.5) is 10.3 Å². The average Bonchev–Trinajstić information content (AvgIpc) is 2.92. The Morgan fingerprint density at radius 2 is 2.00 bits per heavy atom. The summed E-state index contributed by atoms with van der Waals surface area (Å²) in [5.41, 5.74) is 0.0846. The molecule has 0 saturated heterocycles. The smallest absolute Gasteiger partial charge is 0.329 e. The van der Waals surface area contributed by atoms with Crippen LogP contribution in [0.15, 0.2) is 33.9 Å². The Balaban J connectivity index is 2.16. The van der Waals surface area contributed by atoms with Crippen molar-refractivity contribution < 1.29 is 9.50 Å². The van der Waals surface area contributed by atoms with E-state index in [0.29, 0.717) is 5.95 Å². The lowest BCUT2D eigenvalue weighted by Crippen LogP contribution is -2.29. The maximum atomic E-state index is 13.1. The second-order valence-electron chi connectivity index (χ2n) is 5.87. The Bertz CT molecular complexity index is 1020. The van der Waals surface area contributed by atoms with Crippen LogP contribution in [0.25, 0.3) is 11.2 Å². The minimum atomic E-state index is -0.624. The molecule has 3 N–H and O–H groups in total.